The number of ether oxygens (including phenoxy) is 1. The van der Waals surface area contributed by atoms with E-state index < -0.39 is 0 Å². The van der Waals surface area contributed by atoms with Crippen molar-refractivity contribution >= 4 is 28.9 Å². The van der Waals surface area contributed by atoms with E-state index in [4.69, 9.17) is 9.15 Å². The van der Waals surface area contributed by atoms with Crippen molar-refractivity contribution in [2.24, 2.45) is 0 Å². The van der Waals surface area contributed by atoms with Gasteiger partial charge in [0.25, 0.3) is 11.5 Å². The predicted octanol–water partition coefficient (Wildman–Crippen LogP) is 1.87. The van der Waals surface area contributed by atoms with Gasteiger partial charge < -0.3 is 25.1 Å². The zero-order chi connectivity index (χ0) is 23.8. The van der Waals surface area contributed by atoms with E-state index in [1.807, 2.05) is 0 Å². The second-order valence-corrected chi connectivity index (χ2v) is 8.00. The SMILES string of the molecule is CNc1cc(Nc2cccn(-c3nc(C)co3)c2=O)nc2c(C(=O)N[C@@H]3CC[C@H]3OC)cnn12. The summed E-state index contributed by atoms with van der Waals surface area (Å²) >= 11 is 0. The predicted molar refractivity (Wildman–Crippen MR) is 124 cm³/mol. The van der Waals surface area contributed by atoms with Crippen molar-refractivity contribution in [2.45, 2.75) is 31.9 Å². The number of aromatic nitrogens is 5. The minimum absolute atomic E-state index is 0.0107. The van der Waals surface area contributed by atoms with Crippen LogP contribution in [0.4, 0.5) is 17.3 Å². The monoisotopic (exact) mass is 464 g/mol. The molecule has 0 bridgehead atoms. The molecule has 4 aromatic rings. The molecule has 0 unspecified atom stereocenters. The first kappa shape index (κ1) is 21.6. The maximum Gasteiger partial charge on any atom is 0.308 e. The van der Waals surface area contributed by atoms with Gasteiger partial charge in [-0.3, -0.25) is 9.59 Å². The van der Waals surface area contributed by atoms with Gasteiger partial charge in [0.1, 0.15) is 29.1 Å². The fourth-order valence-corrected chi connectivity index (χ4v) is 3.86. The molecule has 1 aliphatic rings. The highest BCUT2D eigenvalue weighted by molar-refractivity contribution is 6.00. The van der Waals surface area contributed by atoms with E-state index in [9.17, 15) is 9.59 Å². The number of hydrogen-bond acceptors (Lipinski definition) is 9. The van der Waals surface area contributed by atoms with E-state index in [1.54, 1.807) is 45.5 Å². The number of nitrogens with one attached hydrogen (secondary N) is 3. The van der Waals surface area contributed by atoms with Gasteiger partial charge in [0.2, 0.25) is 0 Å². The molecule has 176 valence electrons. The van der Waals surface area contributed by atoms with Gasteiger partial charge in [0.05, 0.1) is 24.0 Å². The summed E-state index contributed by atoms with van der Waals surface area (Å²) in [4.78, 5) is 34.7. The van der Waals surface area contributed by atoms with Gasteiger partial charge >= 0.3 is 6.01 Å². The third kappa shape index (κ3) is 3.77. The molecule has 0 radical (unpaired) electrons. The molecular formula is C22H24N8O4. The molecule has 2 atom stereocenters. The van der Waals surface area contributed by atoms with Gasteiger partial charge in [-0.15, -0.1) is 0 Å². The van der Waals surface area contributed by atoms with E-state index >= 15 is 0 Å². The molecule has 3 N–H and O–H groups in total. The number of carbonyl (C=O) groups is 1. The van der Waals surface area contributed by atoms with Crippen molar-refractivity contribution in [3.05, 3.63) is 58.5 Å². The fraction of sp³-hybridized carbons (Fsp3) is 0.318. The molecule has 0 aliphatic heterocycles. The Morgan fingerprint density at radius 1 is 1.29 bits per heavy atom. The minimum Gasteiger partial charge on any atom is -0.431 e. The largest absolute Gasteiger partial charge is 0.431 e. The highest BCUT2D eigenvalue weighted by atomic mass is 16.5. The average molecular weight is 464 g/mol. The molecule has 4 heterocycles. The number of nitrogens with zero attached hydrogens (tertiary/aromatic N) is 5. The number of aryl methyl sites for hydroxylation is 1. The third-order valence-corrected chi connectivity index (χ3v) is 5.83. The average Bonchev–Trinajstić information content (AvgIpc) is 3.44. The Labute approximate surface area is 194 Å². The molecule has 5 rings (SSSR count). The summed E-state index contributed by atoms with van der Waals surface area (Å²) in [5.41, 5.74) is 1.23. The van der Waals surface area contributed by atoms with Crippen LogP contribution in [0.1, 0.15) is 28.9 Å². The Balaban J connectivity index is 1.48. The summed E-state index contributed by atoms with van der Waals surface area (Å²) in [5.74, 6) is 0.669. The van der Waals surface area contributed by atoms with E-state index in [0.717, 1.165) is 12.8 Å². The van der Waals surface area contributed by atoms with Crippen LogP contribution in [0.25, 0.3) is 11.7 Å². The lowest BCUT2D eigenvalue weighted by Crippen LogP contribution is -2.51. The van der Waals surface area contributed by atoms with Crippen LogP contribution in [0, 0.1) is 6.92 Å². The number of anilines is 3. The summed E-state index contributed by atoms with van der Waals surface area (Å²) in [7, 11) is 3.37. The van der Waals surface area contributed by atoms with Crippen LogP contribution in [0.5, 0.6) is 0 Å². The van der Waals surface area contributed by atoms with Crippen LogP contribution in [0.15, 0.2) is 46.1 Å². The number of rotatable bonds is 7. The Bertz CT molecular complexity index is 1420. The molecule has 1 amide bonds. The zero-order valence-corrected chi connectivity index (χ0v) is 18.9. The lowest BCUT2D eigenvalue weighted by atomic mass is 9.89. The summed E-state index contributed by atoms with van der Waals surface area (Å²) in [5, 5.41) is 13.4. The van der Waals surface area contributed by atoms with Gasteiger partial charge in [-0.1, -0.05) is 0 Å². The molecular weight excluding hydrogens is 440 g/mol. The van der Waals surface area contributed by atoms with Gasteiger partial charge in [0.15, 0.2) is 5.65 Å². The van der Waals surface area contributed by atoms with Gasteiger partial charge in [-0.25, -0.2) is 9.55 Å². The number of fused-ring (bicyclic) bond motifs is 1. The van der Waals surface area contributed by atoms with Crippen LogP contribution in [0.2, 0.25) is 0 Å². The van der Waals surface area contributed by atoms with E-state index in [-0.39, 0.29) is 35.3 Å². The molecule has 1 saturated carbocycles. The molecule has 1 aliphatic carbocycles. The summed E-state index contributed by atoms with van der Waals surface area (Å²) in [6.07, 6.45) is 6.30. The molecule has 12 nitrogen and oxygen atoms in total. The second kappa shape index (κ2) is 8.63. The van der Waals surface area contributed by atoms with Crippen molar-refractivity contribution in [3.63, 3.8) is 0 Å². The Morgan fingerprint density at radius 3 is 2.82 bits per heavy atom. The minimum atomic E-state index is -0.362. The lowest BCUT2D eigenvalue weighted by molar-refractivity contribution is 0.00732. The summed E-state index contributed by atoms with van der Waals surface area (Å²) in [6.45, 7) is 1.78. The lowest BCUT2D eigenvalue weighted by Gasteiger charge is -2.35. The maximum absolute atomic E-state index is 13.0. The molecule has 34 heavy (non-hydrogen) atoms. The highest BCUT2D eigenvalue weighted by Gasteiger charge is 2.33. The maximum atomic E-state index is 13.0. The van der Waals surface area contributed by atoms with Crippen molar-refractivity contribution < 1.29 is 13.9 Å². The highest BCUT2D eigenvalue weighted by Crippen LogP contribution is 2.24. The first-order valence-electron chi connectivity index (χ1n) is 10.8. The molecule has 0 saturated heterocycles. The Morgan fingerprint density at radius 2 is 2.15 bits per heavy atom. The van der Waals surface area contributed by atoms with E-state index in [2.05, 4.69) is 31.0 Å². The summed E-state index contributed by atoms with van der Waals surface area (Å²) < 4.78 is 13.6. The fourth-order valence-electron chi connectivity index (χ4n) is 3.86. The van der Waals surface area contributed by atoms with Crippen molar-refractivity contribution in [2.75, 3.05) is 24.8 Å². The van der Waals surface area contributed by atoms with Crippen molar-refractivity contribution in [1.29, 1.82) is 0 Å². The van der Waals surface area contributed by atoms with Crippen molar-refractivity contribution in [3.8, 4) is 6.01 Å². The van der Waals surface area contributed by atoms with Gasteiger partial charge in [-0.05, 0) is 31.9 Å². The van der Waals surface area contributed by atoms with Crippen LogP contribution in [-0.4, -0.2) is 56.4 Å². The normalized spacial score (nSPS) is 17.4. The standard InChI is InChI=1S/C22H24N8O4/c1-12-11-34-22(25-12)29-8-4-5-15(21(29)32)26-17-9-18(23-2)30-19(28-17)13(10-24-30)20(31)27-14-6-7-16(14)33-3/h4-5,8-11,14,16,23H,6-7H2,1-3H3,(H,26,28)(H,27,31)/t14-,16-/m1/s1. The topological polar surface area (TPSA) is 141 Å². The molecule has 0 aromatic carbocycles. The quantitative estimate of drug-likeness (QED) is 0.374. The number of carbonyl (C=O) groups excluding carboxylic acids is 1. The van der Waals surface area contributed by atoms with Gasteiger partial charge in [-0.2, -0.15) is 14.6 Å². The second-order valence-electron chi connectivity index (χ2n) is 8.00. The van der Waals surface area contributed by atoms with Crippen LogP contribution >= 0.6 is 0 Å². The first-order valence-corrected chi connectivity index (χ1v) is 10.8. The van der Waals surface area contributed by atoms with Crippen molar-refractivity contribution in [1.82, 2.24) is 29.5 Å². The van der Waals surface area contributed by atoms with Crippen LogP contribution in [-0.2, 0) is 4.74 Å². The summed E-state index contributed by atoms with van der Waals surface area (Å²) in [6, 6.07) is 5.15. The van der Waals surface area contributed by atoms with Crippen LogP contribution < -0.4 is 21.5 Å². The Kier molecular flexibility index (Phi) is 5.49. The van der Waals surface area contributed by atoms with E-state index in [1.165, 1.54) is 21.5 Å². The van der Waals surface area contributed by atoms with Gasteiger partial charge in [0, 0.05) is 26.4 Å². The number of pyridine rings is 1. The Hall–Kier alpha value is -4.19. The van der Waals surface area contributed by atoms with Crippen LogP contribution in [0.3, 0.4) is 0 Å². The third-order valence-electron chi connectivity index (χ3n) is 5.83. The first-order chi connectivity index (χ1) is 16.5. The number of amides is 1. The smallest absolute Gasteiger partial charge is 0.308 e. The number of methoxy groups -OCH3 is 1. The number of oxazole rings is 1. The van der Waals surface area contributed by atoms with E-state index in [0.29, 0.717) is 28.5 Å². The molecule has 1 fully saturated rings. The number of hydrogen-bond donors (Lipinski definition) is 3. The molecule has 12 heteroatoms. The molecule has 4 aromatic heterocycles. The molecule has 0 spiro atoms. The zero-order valence-electron chi connectivity index (χ0n) is 18.9.